The standard InChI is InChI=1S/C18H36O4/c1-5-16(3)22-17(4)15-20-14-12-10-8-7-9-11-13-18(19)21-6-2/h16-17H,5-15H2,1-4H3. The molecule has 0 aliphatic rings. The van der Waals surface area contributed by atoms with Crippen LogP contribution >= 0.6 is 0 Å². The topological polar surface area (TPSA) is 44.8 Å². The van der Waals surface area contributed by atoms with Crippen molar-refractivity contribution in [2.75, 3.05) is 19.8 Å². The lowest BCUT2D eigenvalue weighted by molar-refractivity contribution is -0.143. The zero-order valence-electron chi connectivity index (χ0n) is 15.1. The van der Waals surface area contributed by atoms with Crippen LogP contribution in [0.3, 0.4) is 0 Å². The molecule has 4 nitrogen and oxygen atoms in total. The molecular formula is C18H36O4. The van der Waals surface area contributed by atoms with Crippen molar-refractivity contribution < 1.29 is 19.0 Å². The van der Waals surface area contributed by atoms with Crippen molar-refractivity contribution in [2.24, 2.45) is 0 Å². The van der Waals surface area contributed by atoms with E-state index >= 15 is 0 Å². The zero-order valence-corrected chi connectivity index (χ0v) is 15.1. The van der Waals surface area contributed by atoms with Crippen LogP contribution in [-0.2, 0) is 19.0 Å². The smallest absolute Gasteiger partial charge is 0.305 e. The number of hydrogen-bond acceptors (Lipinski definition) is 4. The van der Waals surface area contributed by atoms with Gasteiger partial charge in [-0.1, -0.05) is 32.6 Å². The lowest BCUT2D eigenvalue weighted by atomic mass is 10.1. The van der Waals surface area contributed by atoms with Gasteiger partial charge in [-0.15, -0.1) is 0 Å². The summed E-state index contributed by atoms with van der Waals surface area (Å²) in [5.74, 6) is -0.0652. The van der Waals surface area contributed by atoms with Crippen molar-refractivity contribution in [3.8, 4) is 0 Å². The highest BCUT2D eigenvalue weighted by Crippen LogP contribution is 2.08. The van der Waals surface area contributed by atoms with Gasteiger partial charge in [-0.3, -0.25) is 4.79 Å². The van der Waals surface area contributed by atoms with E-state index in [0.717, 1.165) is 32.3 Å². The van der Waals surface area contributed by atoms with Gasteiger partial charge in [0.1, 0.15) is 0 Å². The zero-order chi connectivity index (χ0) is 16.6. The van der Waals surface area contributed by atoms with E-state index in [0.29, 0.717) is 25.7 Å². The van der Waals surface area contributed by atoms with Gasteiger partial charge in [-0.05, 0) is 40.0 Å². The number of unbranched alkanes of at least 4 members (excludes halogenated alkanes) is 5. The van der Waals surface area contributed by atoms with Crippen molar-refractivity contribution in [2.45, 2.75) is 91.3 Å². The molecule has 0 aromatic carbocycles. The van der Waals surface area contributed by atoms with Gasteiger partial charge in [0, 0.05) is 13.0 Å². The van der Waals surface area contributed by atoms with Crippen LogP contribution in [0.4, 0.5) is 0 Å². The average molecular weight is 316 g/mol. The molecule has 0 N–H and O–H groups in total. The second-order valence-corrected chi connectivity index (χ2v) is 5.92. The van der Waals surface area contributed by atoms with E-state index in [4.69, 9.17) is 14.2 Å². The van der Waals surface area contributed by atoms with Gasteiger partial charge in [-0.25, -0.2) is 0 Å². The minimum absolute atomic E-state index is 0.0652. The van der Waals surface area contributed by atoms with Gasteiger partial charge < -0.3 is 14.2 Å². The third-order valence-corrected chi connectivity index (χ3v) is 3.62. The third kappa shape index (κ3) is 14.3. The highest BCUT2D eigenvalue weighted by atomic mass is 16.5. The Morgan fingerprint density at radius 3 is 2.18 bits per heavy atom. The van der Waals surface area contributed by atoms with Crippen LogP contribution in [0.15, 0.2) is 0 Å². The first-order valence-electron chi connectivity index (χ1n) is 8.98. The molecule has 22 heavy (non-hydrogen) atoms. The molecular weight excluding hydrogens is 280 g/mol. The van der Waals surface area contributed by atoms with Gasteiger partial charge in [0.25, 0.3) is 0 Å². The molecule has 0 fully saturated rings. The van der Waals surface area contributed by atoms with Crippen molar-refractivity contribution in [1.82, 2.24) is 0 Å². The first kappa shape index (κ1) is 21.4. The fourth-order valence-corrected chi connectivity index (χ4v) is 2.20. The van der Waals surface area contributed by atoms with Gasteiger partial charge in [0.15, 0.2) is 0 Å². The fraction of sp³-hybridized carbons (Fsp3) is 0.944. The molecule has 0 aliphatic heterocycles. The Morgan fingerprint density at radius 1 is 0.909 bits per heavy atom. The Balaban J connectivity index is 3.22. The second kappa shape index (κ2) is 15.3. The van der Waals surface area contributed by atoms with Gasteiger partial charge >= 0.3 is 5.97 Å². The van der Waals surface area contributed by atoms with Crippen molar-refractivity contribution in [3.63, 3.8) is 0 Å². The molecule has 0 rings (SSSR count). The van der Waals surface area contributed by atoms with E-state index in [1.807, 2.05) is 6.92 Å². The number of hydrogen-bond donors (Lipinski definition) is 0. The Bertz CT molecular complexity index is 255. The Morgan fingerprint density at radius 2 is 1.55 bits per heavy atom. The van der Waals surface area contributed by atoms with Crippen molar-refractivity contribution in [1.29, 1.82) is 0 Å². The molecule has 2 unspecified atom stereocenters. The van der Waals surface area contributed by atoms with E-state index in [9.17, 15) is 4.79 Å². The summed E-state index contributed by atoms with van der Waals surface area (Å²) in [4.78, 5) is 11.1. The van der Waals surface area contributed by atoms with Gasteiger partial charge in [0.2, 0.25) is 0 Å². The van der Waals surface area contributed by atoms with Crippen LogP contribution in [0.5, 0.6) is 0 Å². The molecule has 0 spiro atoms. The number of ether oxygens (including phenoxy) is 3. The predicted octanol–water partition coefficient (Wildman–Crippen LogP) is 4.50. The average Bonchev–Trinajstić information content (AvgIpc) is 2.49. The minimum atomic E-state index is -0.0652. The van der Waals surface area contributed by atoms with Crippen LogP contribution in [-0.4, -0.2) is 38.0 Å². The Hall–Kier alpha value is -0.610. The molecule has 2 atom stereocenters. The van der Waals surface area contributed by atoms with E-state index < -0.39 is 0 Å². The quantitative estimate of drug-likeness (QED) is 0.329. The number of carbonyl (C=O) groups excluding carboxylic acids is 1. The van der Waals surface area contributed by atoms with E-state index in [2.05, 4.69) is 20.8 Å². The van der Waals surface area contributed by atoms with Crippen LogP contribution in [0.25, 0.3) is 0 Å². The minimum Gasteiger partial charge on any atom is -0.466 e. The van der Waals surface area contributed by atoms with E-state index in [-0.39, 0.29) is 12.1 Å². The van der Waals surface area contributed by atoms with E-state index in [1.54, 1.807) is 0 Å². The number of carbonyl (C=O) groups is 1. The lowest BCUT2D eigenvalue weighted by Gasteiger charge is -2.17. The summed E-state index contributed by atoms with van der Waals surface area (Å²) in [5.41, 5.74) is 0. The third-order valence-electron chi connectivity index (χ3n) is 3.62. The molecule has 132 valence electrons. The van der Waals surface area contributed by atoms with Crippen molar-refractivity contribution in [3.05, 3.63) is 0 Å². The fourth-order valence-electron chi connectivity index (χ4n) is 2.20. The predicted molar refractivity (Wildman–Crippen MR) is 90.1 cm³/mol. The lowest BCUT2D eigenvalue weighted by Crippen LogP contribution is -2.21. The molecule has 0 aliphatic carbocycles. The monoisotopic (exact) mass is 316 g/mol. The Labute approximate surface area is 136 Å². The largest absolute Gasteiger partial charge is 0.466 e. The molecule has 0 saturated heterocycles. The highest BCUT2D eigenvalue weighted by molar-refractivity contribution is 5.69. The molecule has 0 aromatic rings. The maximum atomic E-state index is 11.1. The molecule has 0 aromatic heterocycles. The summed E-state index contributed by atoms with van der Waals surface area (Å²) >= 11 is 0. The molecule has 4 heteroatoms. The highest BCUT2D eigenvalue weighted by Gasteiger charge is 2.06. The first-order chi connectivity index (χ1) is 10.6. The molecule has 0 radical (unpaired) electrons. The number of rotatable bonds is 15. The first-order valence-corrected chi connectivity index (χ1v) is 8.98. The summed E-state index contributed by atoms with van der Waals surface area (Å²) in [5, 5.41) is 0. The van der Waals surface area contributed by atoms with Crippen LogP contribution in [0.2, 0.25) is 0 Å². The van der Waals surface area contributed by atoms with Crippen LogP contribution < -0.4 is 0 Å². The summed E-state index contributed by atoms with van der Waals surface area (Å²) in [7, 11) is 0. The summed E-state index contributed by atoms with van der Waals surface area (Å²) in [6.45, 7) is 10.1. The molecule has 0 heterocycles. The summed E-state index contributed by atoms with van der Waals surface area (Å²) in [6, 6.07) is 0. The second-order valence-electron chi connectivity index (χ2n) is 5.92. The maximum absolute atomic E-state index is 11.1. The summed E-state index contributed by atoms with van der Waals surface area (Å²) < 4.78 is 16.3. The van der Waals surface area contributed by atoms with Crippen LogP contribution in [0, 0.1) is 0 Å². The van der Waals surface area contributed by atoms with E-state index in [1.165, 1.54) is 19.3 Å². The van der Waals surface area contributed by atoms with Crippen molar-refractivity contribution >= 4 is 5.97 Å². The molecule has 0 saturated carbocycles. The van der Waals surface area contributed by atoms with Gasteiger partial charge in [-0.2, -0.15) is 0 Å². The summed E-state index contributed by atoms with van der Waals surface area (Å²) in [6.07, 6.45) is 8.85. The maximum Gasteiger partial charge on any atom is 0.305 e. The Kier molecular flexibility index (Phi) is 14.9. The molecule has 0 bridgehead atoms. The van der Waals surface area contributed by atoms with Gasteiger partial charge in [0.05, 0.1) is 25.4 Å². The normalized spacial score (nSPS) is 13.8. The SMILES string of the molecule is CCOC(=O)CCCCCCCCOCC(C)OC(C)CC. The molecule has 0 amide bonds. The van der Waals surface area contributed by atoms with Crippen LogP contribution in [0.1, 0.15) is 79.1 Å². The number of esters is 1.